The molecular weight excluding hydrogens is 152 g/mol. The third-order valence-electron chi connectivity index (χ3n) is 1.72. The number of hydrogen-bond donors (Lipinski definition) is 0. The van der Waals surface area contributed by atoms with Crippen LogP contribution in [0.3, 0.4) is 0 Å². The highest BCUT2D eigenvalue weighted by Crippen LogP contribution is 2.15. The third kappa shape index (κ3) is 6.20. The summed E-state index contributed by atoms with van der Waals surface area (Å²) in [6.45, 7) is 9.13. The van der Waals surface area contributed by atoms with Gasteiger partial charge in [0.1, 0.15) is 6.10 Å². The van der Waals surface area contributed by atoms with Gasteiger partial charge in [0.25, 0.3) is 6.47 Å². The van der Waals surface area contributed by atoms with Crippen molar-refractivity contribution in [2.24, 2.45) is 11.8 Å². The van der Waals surface area contributed by atoms with Crippen LogP contribution in [0.1, 0.15) is 40.5 Å². The molecule has 0 heterocycles. The lowest BCUT2D eigenvalue weighted by atomic mass is 9.98. The van der Waals surface area contributed by atoms with Gasteiger partial charge in [0.15, 0.2) is 0 Å². The molecule has 2 heteroatoms. The van der Waals surface area contributed by atoms with Crippen molar-refractivity contribution in [3.63, 3.8) is 0 Å². The van der Waals surface area contributed by atoms with Crippen LogP contribution >= 0.6 is 0 Å². The standard InChI is InChI=1S/C10H20O2/c1-8(2)5-10(12-7-11)6-9(3)4/h7-10H,5-6H2,1-4H3. The second-order valence-corrected chi connectivity index (χ2v) is 4.11. The van der Waals surface area contributed by atoms with E-state index in [1.165, 1.54) is 0 Å². The molecule has 0 fully saturated rings. The molecule has 0 aliphatic rings. The van der Waals surface area contributed by atoms with Gasteiger partial charge in [-0.15, -0.1) is 0 Å². The summed E-state index contributed by atoms with van der Waals surface area (Å²) >= 11 is 0. The number of carbonyl (C=O) groups excluding carboxylic acids is 1. The molecule has 0 saturated carbocycles. The smallest absolute Gasteiger partial charge is 0.293 e. The maximum Gasteiger partial charge on any atom is 0.293 e. The molecule has 0 aliphatic heterocycles. The summed E-state index contributed by atoms with van der Waals surface area (Å²) in [5.74, 6) is 1.18. The fourth-order valence-electron chi connectivity index (χ4n) is 1.34. The number of carbonyl (C=O) groups is 1. The molecule has 0 unspecified atom stereocenters. The summed E-state index contributed by atoms with van der Waals surface area (Å²) in [5, 5.41) is 0. The first-order valence-corrected chi connectivity index (χ1v) is 4.65. The van der Waals surface area contributed by atoms with Crippen LogP contribution in [-0.2, 0) is 9.53 Å². The van der Waals surface area contributed by atoms with Crippen LogP contribution in [-0.4, -0.2) is 12.6 Å². The lowest BCUT2D eigenvalue weighted by Gasteiger charge is -2.18. The molecule has 72 valence electrons. The maximum atomic E-state index is 10.2. The summed E-state index contributed by atoms with van der Waals surface area (Å²) in [6, 6.07) is 0. The first kappa shape index (κ1) is 11.5. The summed E-state index contributed by atoms with van der Waals surface area (Å²) in [5.41, 5.74) is 0. The van der Waals surface area contributed by atoms with Gasteiger partial charge in [-0.05, 0) is 24.7 Å². The van der Waals surface area contributed by atoms with Gasteiger partial charge in [-0.2, -0.15) is 0 Å². The predicted octanol–water partition coefficient (Wildman–Crippen LogP) is 2.62. The van der Waals surface area contributed by atoms with Crippen LogP contribution in [0.4, 0.5) is 0 Å². The summed E-state index contributed by atoms with van der Waals surface area (Å²) in [6.07, 6.45) is 2.05. The van der Waals surface area contributed by atoms with Gasteiger partial charge in [-0.25, -0.2) is 0 Å². The van der Waals surface area contributed by atoms with E-state index in [0.717, 1.165) is 12.8 Å². The minimum atomic E-state index is 0.113. The Bertz CT molecular complexity index is 109. The Morgan fingerprint density at radius 3 is 1.75 bits per heavy atom. The Hall–Kier alpha value is -0.530. The van der Waals surface area contributed by atoms with Crippen LogP contribution in [0, 0.1) is 11.8 Å². The SMILES string of the molecule is CC(C)CC(CC(C)C)OC=O. The van der Waals surface area contributed by atoms with Gasteiger partial charge < -0.3 is 4.74 Å². The fourth-order valence-corrected chi connectivity index (χ4v) is 1.34. The molecule has 0 radical (unpaired) electrons. The van der Waals surface area contributed by atoms with Gasteiger partial charge in [0.05, 0.1) is 0 Å². The Balaban J connectivity index is 3.77. The molecule has 0 saturated heterocycles. The molecule has 0 rings (SSSR count). The van der Waals surface area contributed by atoms with E-state index in [1.807, 2.05) is 0 Å². The quantitative estimate of drug-likeness (QED) is 0.576. The highest BCUT2D eigenvalue weighted by atomic mass is 16.5. The lowest BCUT2D eigenvalue weighted by molar-refractivity contribution is -0.134. The summed E-state index contributed by atoms with van der Waals surface area (Å²) in [4.78, 5) is 10.2. The molecule has 12 heavy (non-hydrogen) atoms. The van der Waals surface area contributed by atoms with Crippen molar-refractivity contribution in [1.82, 2.24) is 0 Å². The van der Waals surface area contributed by atoms with Crippen molar-refractivity contribution in [1.29, 1.82) is 0 Å². The first-order valence-electron chi connectivity index (χ1n) is 4.65. The van der Waals surface area contributed by atoms with Gasteiger partial charge in [-0.1, -0.05) is 27.7 Å². The largest absolute Gasteiger partial charge is 0.465 e. The van der Waals surface area contributed by atoms with E-state index in [2.05, 4.69) is 27.7 Å². The number of ether oxygens (including phenoxy) is 1. The van der Waals surface area contributed by atoms with Gasteiger partial charge >= 0.3 is 0 Å². The zero-order chi connectivity index (χ0) is 9.56. The molecule has 0 aromatic carbocycles. The van der Waals surface area contributed by atoms with Crippen LogP contribution in [0.15, 0.2) is 0 Å². The van der Waals surface area contributed by atoms with E-state index >= 15 is 0 Å². The Morgan fingerprint density at radius 2 is 1.50 bits per heavy atom. The fraction of sp³-hybridized carbons (Fsp3) is 0.900. The monoisotopic (exact) mass is 172 g/mol. The van der Waals surface area contributed by atoms with Crippen molar-refractivity contribution in [3.8, 4) is 0 Å². The highest BCUT2D eigenvalue weighted by Gasteiger charge is 2.12. The van der Waals surface area contributed by atoms with Crippen LogP contribution < -0.4 is 0 Å². The molecule has 0 N–H and O–H groups in total. The van der Waals surface area contributed by atoms with Gasteiger partial charge in [0, 0.05) is 0 Å². The van der Waals surface area contributed by atoms with Crippen molar-refractivity contribution >= 4 is 6.47 Å². The maximum absolute atomic E-state index is 10.2. The van der Waals surface area contributed by atoms with E-state index < -0.39 is 0 Å². The normalized spacial score (nSPS) is 11.2. The minimum Gasteiger partial charge on any atom is -0.465 e. The summed E-state index contributed by atoms with van der Waals surface area (Å²) in [7, 11) is 0. The molecular formula is C10H20O2. The van der Waals surface area contributed by atoms with Crippen LogP contribution in [0.2, 0.25) is 0 Å². The molecule has 0 aliphatic carbocycles. The molecule has 0 atom stereocenters. The van der Waals surface area contributed by atoms with E-state index in [-0.39, 0.29) is 6.10 Å². The van der Waals surface area contributed by atoms with Crippen molar-refractivity contribution in [3.05, 3.63) is 0 Å². The second-order valence-electron chi connectivity index (χ2n) is 4.11. The van der Waals surface area contributed by atoms with Gasteiger partial charge in [0.2, 0.25) is 0 Å². The second kappa shape index (κ2) is 6.04. The molecule has 0 aromatic heterocycles. The zero-order valence-corrected chi connectivity index (χ0v) is 8.54. The van der Waals surface area contributed by atoms with Crippen molar-refractivity contribution < 1.29 is 9.53 Å². The minimum absolute atomic E-state index is 0.113. The van der Waals surface area contributed by atoms with E-state index in [4.69, 9.17) is 4.74 Å². The average molecular weight is 172 g/mol. The topological polar surface area (TPSA) is 26.3 Å². The average Bonchev–Trinajstić information content (AvgIpc) is 1.84. The van der Waals surface area contributed by atoms with Crippen molar-refractivity contribution in [2.75, 3.05) is 0 Å². The van der Waals surface area contributed by atoms with E-state index in [1.54, 1.807) is 0 Å². The number of rotatable bonds is 6. The lowest BCUT2D eigenvalue weighted by Crippen LogP contribution is -2.17. The van der Waals surface area contributed by atoms with Crippen LogP contribution in [0.25, 0.3) is 0 Å². The molecule has 0 amide bonds. The van der Waals surface area contributed by atoms with Crippen LogP contribution in [0.5, 0.6) is 0 Å². The highest BCUT2D eigenvalue weighted by molar-refractivity contribution is 5.37. The van der Waals surface area contributed by atoms with E-state index in [0.29, 0.717) is 18.3 Å². The molecule has 0 bridgehead atoms. The third-order valence-corrected chi connectivity index (χ3v) is 1.72. The Kier molecular flexibility index (Phi) is 5.77. The Labute approximate surface area is 75.3 Å². The summed E-state index contributed by atoms with van der Waals surface area (Å²) < 4.78 is 4.98. The number of hydrogen-bond acceptors (Lipinski definition) is 2. The van der Waals surface area contributed by atoms with Gasteiger partial charge in [-0.3, -0.25) is 4.79 Å². The first-order chi connectivity index (χ1) is 5.56. The molecule has 0 aromatic rings. The molecule has 0 spiro atoms. The Morgan fingerprint density at radius 1 is 1.08 bits per heavy atom. The van der Waals surface area contributed by atoms with Crippen molar-refractivity contribution in [2.45, 2.75) is 46.6 Å². The van der Waals surface area contributed by atoms with E-state index in [9.17, 15) is 4.79 Å². The molecule has 2 nitrogen and oxygen atoms in total. The predicted molar refractivity (Wildman–Crippen MR) is 49.8 cm³/mol. The zero-order valence-electron chi connectivity index (χ0n) is 8.54.